The molecule has 1 aliphatic heterocycles. The number of likely N-dealkylation sites (tertiary alicyclic amines) is 1. The Morgan fingerprint density at radius 1 is 1.53 bits per heavy atom. The molecule has 2 heterocycles. The molecule has 1 amide bonds. The highest BCUT2D eigenvalue weighted by Gasteiger charge is 2.32. The predicted octanol–water partition coefficient (Wildman–Crippen LogP) is 0.0194. The fourth-order valence-electron chi connectivity index (χ4n) is 2.31. The number of nitrogens with two attached hydrogens (primary N) is 1. The van der Waals surface area contributed by atoms with Gasteiger partial charge in [-0.15, -0.1) is 0 Å². The first-order valence-electron chi connectivity index (χ1n) is 6.28. The van der Waals surface area contributed by atoms with E-state index in [1.807, 2.05) is 0 Å². The van der Waals surface area contributed by atoms with E-state index in [4.69, 9.17) is 10.5 Å². The maximum Gasteiger partial charge on any atom is 0.328 e. The summed E-state index contributed by atoms with van der Waals surface area (Å²) in [5.74, 6) is -0.123. The molecule has 1 unspecified atom stereocenters. The van der Waals surface area contributed by atoms with Crippen LogP contribution in [-0.4, -0.2) is 46.3 Å². The molecule has 1 fully saturated rings. The van der Waals surface area contributed by atoms with E-state index >= 15 is 0 Å². The number of ether oxygens (including phenoxy) is 1. The van der Waals surface area contributed by atoms with Crippen molar-refractivity contribution in [1.29, 1.82) is 0 Å². The summed E-state index contributed by atoms with van der Waals surface area (Å²) in [6.45, 7) is 0.667. The molecule has 1 saturated heterocycles. The van der Waals surface area contributed by atoms with Gasteiger partial charge in [0.15, 0.2) is 0 Å². The van der Waals surface area contributed by atoms with Gasteiger partial charge in [-0.05, 0) is 25.3 Å². The zero-order valence-electron chi connectivity index (χ0n) is 10.9. The summed E-state index contributed by atoms with van der Waals surface area (Å²) in [6.07, 6.45) is 4.13. The fourth-order valence-corrected chi connectivity index (χ4v) is 2.31. The van der Waals surface area contributed by atoms with Crippen LogP contribution >= 0.6 is 0 Å². The van der Waals surface area contributed by atoms with Crippen LogP contribution in [0.25, 0.3) is 0 Å². The van der Waals surface area contributed by atoms with Crippen molar-refractivity contribution in [2.24, 2.45) is 0 Å². The Kier molecular flexibility index (Phi) is 4.03. The quantitative estimate of drug-likeness (QED) is 0.779. The van der Waals surface area contributed by atoms with Gasteiger partial charge < -0.3 is 15.4 Å². The van der Waals surface area contributed by atoms with Gasteiger partial charge in [0.05, 0.1) is 7.11 Å². The molecule has 2 N–H and O–H groups in total. The molecule has 0 spiro atoms. The number of esters is 1. The van der Waals surface area contributed by atoms with Crippen molar-refractivity contribution in [3.63, 3.8) is 0 Å². The normalized spacial score (nSPS) is 19.2. The smallest absolute Gasteiger partial charge is 0.328 e. The number of carbonyl (C=O) groups excluding carboxylic acids is 2. The third-order valence-corrected chi connectivity index (χ3v) is 3.25. The van der Waals surface area contributed by atoms with Crippen molar-refractivity contribution in [3.05, 3.63) is 12.3 Å². The first-order valence-corrected chi connectivity index (χ1v) is 6.28. The third-order valence-electron chi connectivity index (χ3n) is 3.25. The van der Waals surface area contributed by atoms with Gasteiger partial charge in [0, 0.05) is 12.7 Å². The van der Waals surface area contributed by atoms with Crippen molar-refractivity contribution in [2.75, 3.05) is 19.4 Å². The van der Waals surface area contributed by atoms with Crippen LogP contribution in [0.3, 0.4) is 0 Å². The van der Waals surface area contributed by atoms with E-state index < -0.39 is 6.04 Å². The van der Waals surface area contributed by atoms with Crippen LogP contribution in [0.2, 0.25) is 0 Å². The molecule has 0 saturated carbocycles. The minimum atomic E-state index is -0.473. The largest absolute Gasteiger partial charge is 0.467 e. The lowest BCUT2D eigenvalue weighted by atomic mass is 10.0. The Balaban J connectivity index is 2.05. The van der Waals surface area contributed by atoms with Crippen molar-refractivity contribution >= 4 is 17.7 Å². The van der Waals surface area contributed by atoms with E-state index in [0.29, 0.717) is 18.8 Å². The first kappa shape index (κ1) is 13.4. The van der Waals surface area contributed by atoms with E-state index in [0.717, 1.165) is 12.8 Å². The van der Waals surface area contributed by atoms with E-state index in [2.05, 4.69) is 5.10 Å². The monoisotopic (exact) mass is 266 g/mol. The molecule has 1 aromatic heterocycles. The number of aromatic nitrogens is 2. The molecule has 0 radical (unpaired) electrons. The second kappa shape index (κ2) is 5.73. The number of nitrogen functional groups attached to an aromatic ring is 1. The topological polar surface area (TPSA) is 90.5 Å². The molecule has 1 aliphatic rings. The van der Waals surface area contributed by atoms with Crippen LogP contribution in [0.1, 0.15) is 19.3 Å². The lowest BCUT2D eigenvalue weighted by Gasteiger charge is -2.33. The number of anilines is 1. The average Bonchev–Trinajstić information content (AvgIpc) is 2.83. The summed E-state index contributed by atoms with van der Waals surface area (Å²) in [4.78, 5) is 25.5. The van der Waals surface area contributed by atoms with Crippen LogP contribution in [0.4, 0.5) is 5.82 Å². The highest BCUT2D eigenvalue weighted by atomic mass is 16.5. The van der Waals surface area contributed by atoms with E-state index in [-0.39, 0.29) is 18.4 Å². The van der Waals surface area contributed by atoms with Gasteiger partial charge in [-0.2, -0.15) is 5.10 Å². The third kappa shape index (κ3) is 3.04. The maximum atomic E-state index is 12.2. The van der Waals surface area contributed by atoms with Crippen LogP contribution in [-0.2, 0) is 20.9 Å². The summed E-state index contributed by atoms with van der Waals surface area (Å²) in [5, 5.41) is 3.97. The molecule has 0 bridgehead atoms. The SMILES string of the molecule is COC(=O)C1CCCCN1C(=O)Cn1ccc(N)n1. The van der Waals surface area contributed by atoms with Crippen LogP contribution < -0.4 is 5.73 Å². The second-order valence-corrected chi connectivity index (χ2v) is 4.56. The number of hydrogen-bond acceptors (Lipinski definition) is 5. The van der Waals surface area contributed by atoms with Crippen molar-refractivity contribution < 1.29 is 14.3 Å². The van der Waals surface area contributed by atoms with Crippen molar-refractivity contribution in [1.82, 2.24) is 14.7 Å². The lowest BCUT2D eigenvalue weighted by molar-refractivity contribution is -0.155. The van der Waals surface area contributed by atoms with Gasteiger partial charge in [-0.1, -0.05) is 0 Å². The molecule has 7 heteroatoms. The van der Waals surface area contributed by atoms with Crippen LogP contribution in [0, 0.1) is 0 Å². The Morgan fingerprint density at radius 3 is 2.95 bits per heavy atom. The maximum absolute atomic E-state index is 12.2. The number of hydrogen-bond donors (Lipinski definition) is 1. The molecule has 0 aliphatic carbocycles. The van der Waals surface area contributed by atoms with E-state index in [1.165, 1.54) is 11.8 Å². The minimum absolute atomic E-state index is 0.0880. The standard InChI is InChI=1S/C12H18N4O3/c1-19-12(18)9-4-2-3-6-16(9)11(17)8-15-7-5-10(13)14-15/h5,7,9H,2-4,6,8H2,1H3,(H2,13,14). The van der Waals surface area contributed by atoms with Gasteiger partial charge >= 0.3 is 5.97 Å². The molecule has 2 rings (SSSR count). The van der Waals surface area contributed by atoms with E-state index in [9.17, 15) is 9.59 Å². The molecule has 1 atom stereocenters. The van der Waals surface area contributed by atoms with E-state index in [1.54, 1.807) is 17.2 Å². The van der Waals surface area contributed by atoms with Crippen LogP contribution in [0.15, 0.2) is 12.3 Å². The van der Waals surface area contributed by atoms with Gasteiger partial charge in [0.25, 0.3) is 0 Å². The average molecular weight is 266 g/mol. The summed E-state index contributed by atoms with van der Waals surface area (Å²) in [5.41, 5.74) is 5.50. The number of nitrogens with zero attached hydrogens (tertiary/aromatic N) is 3. The van der Waals surface area contributed by atoms with Crippen molar-refractivity contribution in [2.45, 2.75) is 31.8 Å². The van der Waals surface area contributed by atoms with Gasteiger partial charge in [-0.25, -0.2) is 4.79 Å². The zero-order chi connectivity index (χ0) is 13.8. The molecule has 0 aromatic carbocycles. The minimum Gasteiger partial charge on any atom is -0.467 e. The fraction of sp³-hybridized carbons (Fsp3) is 0.583. The Labute approximate surface area is 111 Å². The number of amides is 1. The van der Waals surface area contributed by atoms with Gasteiger partial charge in [-0.3, -0.25) is 9.48 Å². The predicted molar refractivity (Wildman–Crippen MR) is 68.0 cm³/mol. The molecule has 7 nitrogen and oxygen atoms in total. The summed E-state index contributed by atoms with van der Waals surface area (Å²) >= 11 is 0. The molecule has 1 aromatic rings. The van der Waals surface area contributed by atoms with Crippen LogP contribution in [0.5, 0.6) is 0 Å². The Bertz CT molecular complexity index is 471. The molecular weight excluding hydrogens is 248 g/mol. The Morgan fingerprint density at radius 2 is 2.32 bits per heavy atom. The zero-order valence-corrected chi connectivity index (χ0v) is 10.9. The number of methoxy groups -OCH3 is 1. The summed E-state index contributed by atoms with van der Waals surface area (Å²) in [7, 11) is 1.34. The Hall–Kier alpha value is -2.05. The molecule has 19 heavy (non-hydrogen) atoms. The number of piperidine rings is 1. The number of carbonyl (C=O) groups is 2. The molecular formula is C12H18N4O3. The lowest BCUT2D eigenvalue weighted by Crippen LogP contribution is -2.49. The first-order chi connectivity index (χ1) is 9.11. The summed E-state index contributed by atoms with van der Waals surface area (Å²) in [6, 6.07) is 1.15. The van der Waals surface area contributed by atoms with Gasteiger partial charge in [0.2, 0.25) is 5.91 Å². The molecule has 104 valence electrons. The summed E-state index contributed by atoms with van der Waals surface area (Å²) < 4.78 is 6.22. The van der Waals surface area contributed by atoms with Crippen molar-refractivity contribution in [3.8, 4) is 0 Å². The highest BCUT2D eigenvalue weighted by Crippen LogP contribution is 2.18. The number of rotatable bonds is 3. The second-order valence-electron chi connectivity index (χ2n) is 4.56. The highest BCUT2D eigenvalue weighted by molar-refractivity contribution is 5.84. The van der Waals surface area contributed by atoms with Gasteiger partial charge in [0.1, 0.15) is 18.4 Å².